The minimum Gasteiger partial charge on any atom is -0.465 e. The van der Waals surface area contributed by atoms with Crippen molar-refractivity contribution in [3.05, 3.63) is 64.0 Å². The van der Waals surface area contributed by atoms with E-state index in [-0.39, 0.29) is 23.6 Å². The van der Waals surface area contributed by atoms with Crippen LogP contribution in [0.15, 0.2) is 47.0 Å². The Morgan fingerprint density at radius 1 is 1.38 bits per heavy atom. The number of rotatable bonds is 5. The fourth-order valence-corrected chi connectivity index (χ4v) is 2.25. The fraction of sp³-hybridized carbons (Fsp3) is 0.125. The average molecular weight is 327 g/mol. The van der Waals surface area contributed by atoms with E-state index in [1.807, 2.05) is 30.3 Å². The van der Waals surface area contributed by atoms with Gasteiger partial charge < -0.3 is 14.5 Å². The molecule has 1 N–H and O–H groups in total. The van der Waals surface area contributed by atoms with Gasteiger partial charge in [-0.15, -0.1) is 0 Å². The summed E-state index contributed by atoms with van der Waals surface area (Å²) in [6.07, 6.45) is 1.22. The summed E-state index contributed by atoms with van der Waals surface area (Å²) >= 11 is 0. The number of nitrogens with one attached hydrogen (secondary N) is 1. The first-order chi connectivity index (χ1) is 11.6. The van der Waals surface area contributed by atoms with Crippen molar-refractivity contribution in [1.82, 2.24) is 4.98 Å². The van der Waals surface area contributed by atoms with Crippen LogP contribution >= 0.6 is 0 Å². The van der Waals surface area contributed by atoms with Crippen molar-refractivity contribution >= 4 is 28.4 Å². The van der Waals surface area contributed by atoms with Crippen LogP contribution in [-0.4, -0.2) is 23.0 Å². The van der Waals surface area contributed by atoms with Crippen LogP contribution in [0.4, 0.5) is 11.5 Å². The Kier molecular flexibility index (Phi) is 4.11. The predicted molar refractivity (Wildman–Crippen MR) is 85.8 cm³/mol. The third kappa shape index (κ3) is 3.02. The lowest BCUT2D eigenvalue weighted by molar-refractivity contribution is -0.384. The molecule has 0 saturated heterocycles. The number of anilines is 1. The van der Waals surface area contributed by atoms with E-state index in [1.165, 1.54) is 13.3 Å². The van der Waals surface area contributed by atoms with E-state index in [0.717, 1.165) is 17.0 Å². The highest BCUT2D eigenvalue weighted by molar-refractivity contribution is 5.90. The van der Waals surface area contributed by atoms with Crippen molar-refractivity contribution in [3.8, 4) is 0 Å². The van der Waals surface area contributed by atoms with E-state index in [4.69, 9.17) is 4.42 Å². The third-order valence-electron chi connectivity index (χ3n) is 3.39. The molecular formula is C16H13N3O5. The largest absolute Gasteiger partial charge is 0.465 e. The summed E-state index contributed by atoms with van der Waals surface area (Å²) in [5.41, 5.74) is 0.435. The highest BCUT2D eigenvalue weighted by atomic mass is 16.6. The number of furan rings is 1. The SMILES string of the molecule is COC(=O)c1cnc(NCc2cc3ccccc3o2)c([N+](=O)[O-])c1. The minimum absolute atomic E-state index is 0.0125. The Balaban J connectivity index is 1.83. The van der Waals surface area contributed by atoms with Crippen LogP contribution in [0.1, 0.15) is 16.1 Å². The van der Waals surface area contributed by atoms with Crippen LogP contribution < -0.4 is 5.32 Å². The highest BCUT2D eigenvalue weighted by Gasteiger charge is 2.19. The molecular weight excluding hydrogens is 314 g/mol. The summed E-state index contributed by atoms with van der Waals surface area (Å²) in [4.78, 5) is 26.0. The molecule has 0 aliphatic carbocycles. The zero-order chi connectivity index (χ0) is 17.1. The zero-order valence-corrected chi connectivity index (χ0v) is 12.7. The molecule has 2 heterocycles. The van der Waals surface area contributed by atoms with E-state index in [9.17, 15) is 14.9 Å². The summed E-state index contributed by atoms with van der Waals surface area (Å²) in [6.45, 7) is 0.222. The van der Waals surface area contributed by atoms with Crippen molar-refractivity contribution in [2.75, 3.05) is 12.4 Å². The second kappa shape index (κ2) is 6.37. The predicted octanol–water partition coefficient (Wildman–Crippen LogP) is 3.13. The number of para-hydroxylation sites is 1. The topological polar surface area (TPSA) is 108 Å². The number of aromatic nitrogens is 1. The molecule has 0 spiro atoms. The number of nitrogens with zero attached hydrogens (tertiary/aromatic N) is 2. The van der Waals surface area contributed by atoms with Crippen molar-refractivity contribution in [1.29, 1.82) is 0 Å². The molecule has 0 aliphatic heterocycles. The van der Waals surface area contributed by atoms with Crippen LogP contribution in [0, 0.1) is 10.1 Å². The number of carbonyl (C=O) groups is 1. The highest BCUT2D eigenvalue weighted by Crippen LogP contribution is 2.25. The molecule has 0 fully saturated rings. The van der Waals surface area contributed by atoms with Gasteiger partial charge in [0.2, 0.25) is 5.82 Å². The molecule has 0 atom stereocenters. The monoisotopic (exact) mass is 327 g/mol. The Morgan fingerprint density at radius 3 is 2.88 bits per heavy atom. The fourth-order valence-electron chi connectivity index (χ4n) is 2.25. The van der Waals surface area contributed by atoms with Gasteiger partial charge in [0.1, 0.15) is 11.3 Å². The molecule has 2 aromatic heterocycles. The van der Waals surface area contributed by atoms with Crippen LogP contribution in [0.25, 0.3) is 11.0 Å². The van der Waals surface area contributed by atoms with Gasteiger partial charge in [0.05, 0.1) is 24.1 Å². The first-order valence-electron chi connectivity index (χ1n) is 7.02. The molecule has 0 aliphatic rings. The van der Waals surface area contributed by atoms with Crippen LogP contribution in [0.2, 0.25) is 0 Å². The van der Waals surface area contributed by atoms with Gasteiger partial charge in [-0.2, -0.15) is 0 Å². The maximum absolute atomic E-state index is 11.5. The molecule has 0 unspecified atom stereocenters. The first-order valence-corrected chi connectivity index (χ1v) is 7.02. The van der Waals surface area contributed by atoms with E-state index in [1.54, 1.807) is 0 Å². The van der Waals surface area contributed by atoms with Gasteiger partial charge in [0, 0.05) is 17.6 Å². The van der Waals surface area contributed by atoms with Gasteiger partial charge >= 0.3 is 11.7 Å². The maximum atomic E-state index is 11.5. The van der Waals surface area contributed by atoms with Crippen LogP contribution in [-0.2, 0) is 11.3 Å². The van der Waals surface area contributed by atoms with Gasteiger partial charge in [0.25, 0.3) is 0 Å². The molecule has 24 heavy (non-hydrogen) atoms. The van der Waals surface area contributed by atoms with E-state index in [2.05, 4.69) is 15.0 Å². The average Bonchev–Trinajstić information content (AvgIpc) is 3.02. The summed E-state index contributed by atoms with van der Waals surface area (Å²) < 4.78 is 10.2. The zero-order valence-electron chi connectivity index (χ0n) is 12.7. The lowest BCUT2D eigenvalue weighted by Gasteiger charge is -2.05. The number of fused-ring (bicyclic) bond motifs is 1. The number of methoxy groups -OCH3 is 1. The number of nitro groups is 1. The molecule has 8 heteroatoms. The number of benzene rings is 1. The van der Waals surface area contributed by atoms with Gasteiger partial charge in [-0.3, -0.25) is 10.1 Å². The number of pyridine rings is 1. The molecule has 3 aromatic rings. The molecule has 1 aromatic carbocycles. The molecule has 0 saturated carbocycles. The second-order valence-corrected chi connectivity index (χ2v) is 4.94. The summed E-state index contributed by atoms with van der Waals surface area (Å²) in [7, 11) is 1.20. The van der Waals surface area contributed by atoms with E-state index in [0.29, 0.717) is 5.76 Å². The quantitative estimate of drug-likeness (QED) is 0.435. The normalized spacial score (nSPS) is 10.5. The van der Waals surface area contributed by atoms with Crippen LogP contribution in [0.3, 0.4) is 0 Å². The number of carbonyl (C=O) groups excluding carboxylic acids is 1. The number of esters is 1. The van der Waals surface area contributed by atoms with Gasteiger partial charge in [-0.25, -0.2) is 9.78 Å². The lowest BCUT2D eigenvalue weighted by Crippen LogP contribution is -2.08. The van der Waals surface area contributed by atoms with E-state index < -0.39 is 10.9 Å². The Bertz CT molecular complexity index is 886. The van der Waals surface area contributed by atoms with Crippen molar-refractivity contribution < 1.29 is 18.9 Å². The Hall–Kier alpha value is -3.42. The van der Waals surface area contributed by atoms with Gasteiger partial charge in [-0.1, -0.05) is 18.2 Å². The molecule has 0 bridgehead atoms. The lowest BCUT2D eigenvalue weighted by atomic mass is 10.2. The standard InChI is InChI=1S/C16H13N3O5/c1-23-16(20)11-7-13(19(21)22)15(17-8-11)18-9-12-6-10-4-2-3-5-14(10)24-12/h2-8H,9H2,1H3,(H,17,18). The number of ether oxygens (including phenoxy) is 1. The minimum atomic E-state index is -0.686. The molecule has 3 rings (SSSR count). The van der Waals surface area contributed by atoms with Gasteiger partial charge in [0.15, 0.2) is 0 Å². The summed E-state index contributed by atoms with van der Waals surface area (Å²) in [5.74, 6) is -0.0214. The van der Waals surface area contributed by atoms with Gasteiger partial charge in [-0.05, 0) is 12.1 Å². The summed E-state index contributed by atoms with van der Waals surface area (Å²) in [6, 6.07) is 10.5. The first kappa shape index (κ1) is 15.5. The summed E-state index contributed by atoms with van der Waals surface area (Å²) in [5, 5.41) is 15.0. The van der Waals surface area contributed by atoms with Crippen LogP contribution in [0.5, 0.6) is 0 Å². The second-order valence-electron chi connectivity index (χ2n) is 4.94. The van der Waals surface area contributed by atoms with Crippen molar-refractivity contribution in [2.45, 2.75) is 6.54 Å². The smallest absolute Gasteiger partial charge is 0.339 e. The Labute approximate surface area is 136 Å². The van der Waals surface area contributed by atoms with Crippen molar-refractivity contribution in [3.63, 3.8) is 0 Å². The number of hydrogen-bond acceptors (Lipinski definition) is 7. The molecule has 0 radical (unpaired) electrons. The molecule has 8 nitrogen and oxygen atoms in total. The third-order valence-corrected chi connectivity index (χ3v) is 3.39. The molecule has 0 amide bonds. The van der Waals surface area contributed by atoms with Crippen molar-refractivity contribution in [2.24, 2.45) is 0 Å². The Morgan fingerprint density at radius 2 is 2.17 bits per heavy atom. The van der Waals surface area contributed by atoms with E-state index >= 15 is 0 Å². The molecule has 122 valence electrons. The maximum Gasteiger partial charge on any atom is 0.339 e. The number of hydrogen-bond donors (Lipinski definition) is 1.